The molecule has 1 N–H and O–H groups in total. The summed E-state index contributed by atoms with van der Waals surface area (Å²) in [5.41, 5.74) is 1.16. The SMILES string of the molecule is O=C(Nc1ccc(N2CCCS2(=O)=O)cc1)C1=COCCO1. The highest BCUT2D eigenvalue weighted by Gasteiger charge is 2.28. The number of hydrogen-bond acceptors (Lipinski definition) is 5. The molecular formula is C14H16N2O5S. The van der Waals surface area contributed by atoms with Gasteiger partial charge in [0.2, 0.25) is 15.8 Å². The van der Waals surface area contributed by atoms with Crippen LogP contribution in [0.15, 0.2) is 36.3 Å². The molecule has 2 aliphatic heterocycles. The van der Waals surface area contributed by atoms with Crippen LogP contribution in [0.2, 0.25) is 0 Å². The third kappa shape index (κ3) is 3.01. The van der Waals surface area contributed by atoms with Crippen LogP contribution in [0.4, 0.5) is 11.4 Å². The average molecular weight is 324 g/mol. The summed E-state index contributed by atoms with van der Waals surface area (Å²) in [5, 5.41) is 2.67. The van der Waals surface area contributed by atoms with Crippen molar-refractivity contribution >= 4 is 27.3 Å². The molecule has 2 heterocycles. The Morgan fingerprint density at radius 3 is 2.55 bits per heavy atom. The first-order valence-electron chi connectivity index (χ1n) is 6.93. The van der Waals surface area contributed by atoms with Gasteiger partial charge in [-0.1, -0.05) is 0 Å². The van der Waals surface area contributed by atoms with E-state index in [1.807, 2.05) is 0 Å². The van der Waals surface area contributed by atoms with Gasteiger partial charge in [0.15, 0.2) is 0 Å². The third-order valence-corrected chi connectivity index (χ3v) is 5.25. The lowest BCUT2D eigenvalue weighted by atomic mass is 10.2. The molecule has 7 nitrogen and oxygen atoms in total. The van der Waals surface area contributed by atoms with E-state index in [4.69, 9.17) is 9.47 Å². The van der Waals surface area contributed by atoms with Crippen LogP contribution in [0, 0.1) is 0 Å². The van der Waals surface area contributed by atoms with E-state index >= 15 is 0 Å². The van der Waals surface area contributed by atoms with Crippen LogP contribution < -0.4 is 9.62 Å². The largest absolute Gasteiger partial charge is 0.494 e. The van der Waals surface area contributed by atoms with Crippen LogP contribution in [-0.4, -0.2) is 39.8 Å². The van der Waals surface area contributed by atoms with Crippen molar-refractivity contribution in [2.45, 2.75) is 6.42 Å². The zero-order valence-corrected chi connectivity index (χ0v) is 12.6. The molecule has 0 saturated carbocycles. The fourth-order valence-electron chi connectivity index (χ4n) is 2.32. The molecule has 1 fully saturated rings. The fraction of sp³-hybridized carbons (Fsp3) is 0.357. The quantitative estimate of drug-likeness (QED) is 0.898. The average Bonchev–Trinajstić information content (AvgIpc) is 2.88. The highest BCUT2D eigenvalue weighted by Crippen LogP contribution is 2.25. The number of nitrogens with zero attached hydrogens (tertiary/aromatic N) is 1. The highest BCUT2D eigenvalue weighted by molar-refractivity contribution is 7.93. The van der Waals surface area contributed by atoms with Gasteiger partial charge in [-0.3, -0.25) is 9.10 Å². The van der Waals surface area contributed by atoms with Gasteiger partial charge in [0.05, 0.1) is 11.4 Å². The summed E-state index contributed by atoms with van der Waals surface area (Å²) in [6, 6.07) is 6.66. The first-order chi connectivity index (χ1) is 10.6. The van der Waals surface area contributed by atoms with Crippen LogP contribution in [0.25, 0.3) is 0 Å². The Morgan fingerprint density at radius 1 is 1.18 bits per heavy atom. The van der Waals surface area contributed by atoms with Crippen molar-refractivity contribution in [2.75, 3.05) is 35.1 Å². The number of carbonyl (C=O) groups excluding carboxylic acids is 1. The Labute approximate surface area is 128 Å². The second kappa shape index (κ2) is 5.88. The fourth-order valence-corrected chi connectivity index (χ4v) is 3.89. The van der Waals surface area contributed by atoms with Crippen molar-refractivity contribution in [2.24, 2.45) is 0 Å². The van der Waals surface area contributed by atoms with Crippen LogP contribution in [0.5, 0.6) is 0 Å². The summed E-state index contributed by atoms with van der Waals surface area (Å²) < 4.78 is 35.3. The number of rotatable bonds is 3. The van der Waals surface area contributed by atoms with Crippen molar-refractivity contribution < 1.29 is 22.7 Å². The van der Waals surface area contributed by atoms with E-state index in [-0.39, 0.29) is 11.5 Å². The van der Waals surface area contributed by atoms with Gasteiger partial charge < -0.3 is 14.8 Å². The van der Waals surface area contributed by atoms with Gasteiger partial charge in [0, 0.05) is 12.2 Å². The molecule has 0 bridgehead atoms. The van der Waals surface area contributed by atoms with E-state index in [2.05, 4.69) is 5.32 Å². The molecule has 0 spiro atoms. The first kappa shape index (κ1) is 14.7. The molecular weight excluding hydrogens is 308 g/mol. The highest BCUT2D eigenvalue weighted by atomic mass is 32.2. The number of amides is 1. The minimum absolute atomic E-state index is 0.123. The van der Waals surface area contributed by atoms with E-state index in [1.54, 1.807) is 24.3 Å². The maximum atomic E-state index is 11.9. The number of nitrogens with one attached hydrogen (secondary N) is 1. The van der Waals surface area contributed by atoms with Crippen LogP contribution in [0.1, 0.15) is 6.42 Å². The molecule has 22 heavy (non-hydrogen) atoms. The van der Waals surface area contributed by atoms with E-state index in [9.17, 15) is 13.2 Å². The van der Waals surface area contributed by atoms with E-state index in [1.165, 1.54) is 10.6 Å². The summed E-state index contributed by atoms with van der Waals surface area (Å²) in [4.78, 5) is 11.9. The second-order valence-electron chi connectivity index (χ2n) is 4.94. The normalized spacial score (nSPS) is 19.8. The Balaban J connectivity index is 1.69. The summed E-state index contributed by atoms with van der Waals surface area (Å²) in [6.45, 7) is 1.26. The minimum Gasteiger partial charge on any atom is -0.494 e. The standard InChI is InChI=1S/C14H16N2O5S/c17-14(13-10-20-7-8-21-13)15-11-2-4-12(5-3-11)16-6-1-9-22(16,18)19/h2-5,10H,1,6-9H2,(H,15,17). The molecule has 1 aromatic carbocycles. The molecule has 8 heteroatoms. The number of carbonyl (C=O) groups is 1. The Hall–Kier alpha value is -2.22. The van der Waals surface area contributed by atoms with Gasteiger partial charge in [0.1, 0.15) is 19.5 Å². The summed E-state index contributed by atoms with van der Waals surface area (Å²) in [5.74, 6) is -0.101. The van der Waals surface area contributed by atoms with Crippen LogP contribution in [-0.2, 0) is 24.3 Å². The van der Waals surface area contributed by atoms with Crippen molar-refractivity contribution in [3.05, 3.63) is 36.3 Å². The van der Waals surface area contributed by atoms with Gasteiger partial charge >= 0.3 is 0 Å². The molecule has 1 saturated heterocycles. The van der Waals surface area contributed by atoms with E-state index < -0.39 is 15.9 Å². The predicted octanol–water partition coefficient (Wildman–Crippen LogP) is 1.05. The first-order valence-corrected chi connectivity index (χ1v) is 8.53. The zero-order chi connectivity index (χ0) is 15.6. The summed E-state index contributed by atoms with van der Waals surface area (Å²) >= 11 is 0. The number of anilines is 2. The van der Waals surface area contributed by atoms with Gasteiger partial charge in [0.25, 0.3) is 5.91 Å². The molecule has 0 aliphatic carbocycles. The van der Waals surface area contributed by atoms with Crippen molar-refractivity contribution in [1.82, 2.24) is 0 Å². The van der Waals surface area contributed by atoms with Gasteiger partial charge in [-0.2, -0.15) is 0 Å². The van der Waals surface area contributed by atoms with Crippen LogP contribution >= 0.6 is 0 Å². The molecule has 0 atom stereocenters. The number of sulfonamides is 1. The van der Waals surface area contributed by atoms with Gasteiger partial charge in [-0.15, -0.1) is 0 Å². The maximum absolute atomic E-state index is 11.9. The minimum atomic E-state index is -3.19. The molecule has 3 rings (SSSR count). The van der Waals surface area contributed by atoms with Crippen molar-refractivity contribution in [3.8, 4) is 0 Å². The molecule has 1 aromatic rings. The van der Waals surface area contributed by atoms with Crippen molar-refractivity contribution in [1.29, 1.82) is 0 Å². The second-order valence-corrected chi connectivity index (χ2v) is 6.96. The molecule has 0 unspecified atom stereocenters. The Bertz CT molecular complexity index is 696. The zero-order valence-electron chi connectivity index (χ0n) is 11.8. The lowest BCUT2D eigenvalue weighted by molar-refractivity contribution is -0.117. The molecule has 2 aliphatic rings. The summed E-state index contributed by atoms with van der Waals surface area (Å²) in [7, 11) is -3.19. The smallest absolute Gasteiger partial charge is 0.294 e. The topological polar surface area (TPSA) is 84.9 Å². The summed E-state index contributed by atoms with van der Waals surface area (Å²) in [6.07, 6.45) is 1.91. The van der Waals surface area contributed by atoms with Crippen molar-refractivity contribution in [3.63, 3.8) is 0 Å². The molecule has 1 amide bonds. The van der Waals surface area contributed by atoms with Gasteiger partial charge in [-0.25, -0.2) is 8.42 Å². The Morgan fingerprint density at radius 2 is 1.95 bits per heavy atom. The third-order valence-electron chi connectivity index (χ3n) is 3.39. The predicted molar refractivity (Wildman–Crippen MR) is 80.8 cm³/mol. The number of ether oxygens (including phenoxy) is 2. The van der Waals surface area contributed by atoms with E-state index in [0.717, 1.165) is 0 Å². The Kier molecular flexibility index (Phi) is 3.93. The molecule has 0 radical (unpaired) electrons. The number of benzene rings is 1. The lowest BCUT2D eigenvalue weighted by Crippen LogP contribution is -2.25. The monoisotopic (exact) mass is 324 g/mol. The molecule has 118 valence electrons. The maximum Gasteiger partial charge on any atom is 0.294 e. The van der Waals surface area contributed by atoms with Gasteiger partial charge in [-0.05, 0) is 30.7 Å². The lowest BCUT2D eigenvalue weighted by Gasteiger charge is -2.18. The van der Waals surface area contributed by atoms with Crippen LogP contribution in [0.3, 0.4) is 0 Å². The molecule has 0 aromatic heterocycles. The van der Waals surface area contributed by atoms with E-state index in [0.29, 0.717) is 37.6 Å². The number of hydrogen-bond donors (Lipinski definition) is 1.